The average Bonchev–Trinajstić information content (AvgIpc) is 3.22. The molecular weight excluding hydrogens is 488 g/mol. The molecule has 1 amide bonds. The summed E-state index contributed by atoms with van der Waals surface area (Å²) in [7, 11) is -3.80. The third kappa shape index (κ3) is 5.97. The highest BCUT2D eigenvalue weighted by Crippen LogP contribution is 2.32. The molecule has 0 aliphatic heterocycles. The van der Waals surface area contributed by atoms with Crippen LogP contribution in [0.1, 0.15) is 28.3 Å². The van der Waals surface area contributed by atoms with Crippen molar-refractivity contribution in [1.82, 2.24) is 10.0 Å². The minimum absolute atomic E-state index is 0.0390. The molecule has 0 saturated heterocycles. The second kappa shape index (κ2) is 10.4. The fourth-order valence-electron chi connectivity index (χ4n) is 3.98. The largest absolute Gasteiger partial charge is 0.480 e. The molecule has 0 heterocycles. The van der Waals surface area contributed by atoms with Crippen LogP contribution in [-0.4, -0.2) is 31.4 Å². The molecule has 4 rings (SSSR count). The molecule has 3 N–H and O–H groups in total. The molecule has 35 heavy (non-hydrogen) atoms. The number of sulfonamides is 1. The average molecular weight is 511 g/mol. The molecule has 0 spiro atoms. The number of carboxylic acid groups (broad SMARTS) is 1. The Kier molecular flexibility index (Phi) is 7.35. The molecule has 0 radical (unpaired) electrons. The van der Waals surface area contributed by atoms with Gasteiger partial charge in [0.15, 0.2) is 0 Å². The Bertz CT molecular complexity index is 1370. The summed E-state index contributed by atoms with van der Waals surface area (Å²) in [4.78, 5) is 24.5. The first-order chi connectivity index (χ1) is 16.7. The lowest BCUT2D eigenvalue weighted by Gasteiger charge is -2.17. The molecular formula is C26H23ClN2O5S. The van der Waals surface area contributed by atoms with Crippen LogP contribution < -0.4 is 10.0 Å². The second-order valence-electron chi connectivity index (χ2n) is 8.16. The van der Waals surface area contributed by atoms with Gasteiger partial charge >= 0.3 is 5.97 Å². The van der Waals surface area contributed by atoms with Crippen molar-refractivity contribution in [3.8, 4) is 0 Å². The van der Waals surface area contributed by atoms with E-state index in [9.17, 15) is 23.1 Å². The summed E-state index contributed by atoms with van der Waals surface area (Å²) < 4.78 is 28.3. The van der Waals surface area contributed by atoms with Gasteiger partial charge in [0.1, 0.15) is 6.04 Å². The number of halogens is 1. The topological polar surface area (TPSA) is 113 Å². The molecule has 3 aromatic carbocycles. The van der Waals surface area contributed by atoms with Crippen molar-refractivity contribution in [3.05, 3.63) is 106 Å². The van der Waals surface area contributed by atoms with E-state index in [1.54, 1.807) is 30.4 Å². The number of fused-ring (bicyclic) bond motifs is 1. The maximum atomic E-state index is 12.8. The van der Waals surface area contributed by atoms with Crippen LogP contribution in [-0.2, 0) is 32.5 Å². The molecule has 0 fully saturated rings. The second-order valence-corrected chi connectivity index (χ2v) is 10.3. The third-order valence-corrected chi connectivity index (χ3v) is 7.40. The van der Waals surface area contributed by atoms with Crippen LogP contribution in [0.3, 0.4) is 0 Å². The predicted octanol–water partition coefficient (Wildman–Crippen LogP) is 3.74. The van der Waals surface area contributed by atoms with E-state index >= 15 is 0 Å². The molecule has 2 atom stereocenters. The molecule has 1 aliphatic carbocycles. The van der Waals surface area contributed by atoms with Crippen LogP contribution >= 0.6 is 11.6 Å². The fraction of sp³-hybridized carbons (Fsp3) is 0.154. The number of rotatable bonds is 9. The van der Waals surface area contributed by atoms with Crippen LogP contribution in [0.2, 0.25) is 5.02 Å². The van der Waals surface area contributed by atoms with E-state index in [4.69, 9.17) is 11.6 Å². The first-order valence-electron chi connectivity index (χ1n) is 10.9. The van der Waals surface area contributed by atoms with Gasteiger partial charge in [-0.2, -0.15) is 4.72 Å². The summed E-state index contributed by atoms with van der Waals surface area (Å²) in [5.41, 5.74) is 2.93. The Hall–Kier alpha value is -3.46. The van der Waals surface area contributed by atoms with Gasteiger partial charge in [-0.1, -0.05) is 72.3 Å². The van der Waals surface area contributed by atoms with Crippen LogP contribution in [0.25, 0.3) is 6.08 Å². The predicted molar refractivity (Wildman–Crippen MR) is 133 cm³/mol. The van der Waals surface area contributed by atoms with Gasteiger partial charge in [0.05, 0.1) is 17.4 Å². The molecule has 0 aromatic heterocycles. The number of benzene rings is 3. The molecule has 0 bridgehead atoms. The van der Waals surface area contributed by atoms with E-state index in [1.165, 1.54) is 24.3 Å². The van der Waals surface area contributed by atoms with Gasteiger partial charge in [-0.25, -0.2) is 13.2 Å². The van der Waals surface area contributed by atoms with Gasteiger partial charge in [0.2, 0.25) is 15.9 Å². The molecule has 3 aromatic rings. The summed E-state index contributed by atoms with van der Waals surface area (Å²) in [5.74, 6) is -1.54. The standard InChI is InChI=1S/C26H23ClN2O5S/c27-19-9-11-20(12-10-19)35(33,34)29-23-14-13-21-18(7-4-8-22(21)23)16-25(30)28-24(26(31)32)15-17-5-2-1-3-6-17/h1-14,23-24,29H,15-16H2,(H,28,30)(H,31,32)/t23?,24-/m1/s1. The minimum atomic E-state index is -3.80. The van der Waals surface area contributed by atoms with Crippen molar-refractivity contribution in [3.63, 3.8) is 0 Å². The smallest absolute Gasteiger partial charge is 0.326 e. The van der Waals surface area contributed by atoms with Crippen LogP contribution in [0.15, 0.2) is 83.8 Å². The molecule has 0 saturated carbocycles. The maximum absolute atomic E-state index is 12.8. The third-order valence-electron chi connectivity index (χ3n) is 5.69. The lowest BCUT2D eigenvalue weighted by molar-refractivity contribution is -0.141. The fourth-order valence-corrected chi connectivity index (χ4v) is 5.27. The molecule has 180 valence electrons. The number of carbonyl (C=O) groups excluding carboxylic acids is 1. The first kappa shape index (κ1) is 24.7. The molecule has 1 aliphatic rings. The lowest BCUT2D eigenvalue weighted by atomic mass is 9.99. The van der Waals surface area contributed by atoms with E-state index in [1.807, 2.05) is 30.3 Å². The quantitative estimate of drug-likeness (QED) is 0.406. The Morgan fingerprint density at radius 2 is 1.69 bits per heavy atom. The van der Waals surface area contributed by atoms with Gasteiger partial charge in [0, 0.05) is 11.4 Å². The van der Waals surface area contributed by atoms with E-state index < -0.39 is 34.0 Å². The molecule has 1 unspecified atom stereocenters. The summed E-state index contributed by atoms with van der Waals surface area (Å²) in [5, 5.41) is 12.6. The van der Waals surface area contributed by atoms with Gasteiger partial charge in [0.25, 0.3) is 0 Å². The van der Waals surface area contributed by atoms with Gasteiger partial charge in [-0.15, -0.1) is 0 Å². The SMILES string of the molecule is O=C(Cc1cccc2c1C=CC2NS(=O)(=O)c1ccc(Cl)cc1)N[C@H](Cc1ccccc1)C(=O)O. The summed E-state index contributed by atoms with van der Waals surface area (Å²) in [6.07, 6.45) is 3.62. The van der Waals surface area contributed by atoms with Crippen molar-refractivity contribution in [2.24, 2.45) is 0 Å². The molecule has 9 heteroatoms. The van der Waals surface area contributed by atoms with Crippen molar-refractivity contribution in [1.29, 1.82) is 0 Å². The Labute approximate surface area is 208 Å². The van der Waals surface area contributed by atoms with Crippen molar-refractivity contribution in [2.75, 3.05) is 0 Å². The summed E-state index contributed by atoms with van der Waals surface area (Å²) in [6, 6.07) is 18.6. The number of nitrogens with one attached hydrogen (secondary N) is 2. The van der Waals surface area contributed by atoms with Gasteiger partial charge < -0.3 is 10.4 Å². The van der Waals surface area contributed by atoms with E-state index in [0.717, 1.165) is 11.1 Å². The zero-order valence-electron chi connectivity index (χ0n) is 18.5. The van der Waals surface area contributed by atoms with Crippen LogP contribution in [0.4, 0.5) is 0 Å². The number of amides is 1. The molecule has 7 nitrogen and oxygen atoms in total. The highest BCUT2D eigenvalue weighted by atomic mass is 35.5. The maximum Gasteiger partial charge on any atom is 0.326 e. The van der Waals surface area contributed by atoms with Gasteiger partial charge in [-0.3, -0.25) is 4.79 Å². The number of carboxylic acids is 1. The van der Waals surface area contributed by atoms with Crippen molar-refractivity contribution in [2.45, 2.75) is 29.8 Å². The number of hydrogen-bond donors (Lipinski definition) is 3. The van der Waals surface area contributed by atoms with E-state index in [-0.39, 0.29) is 17.7 Å². The zero-order valence-corrected chi connectivity index (χ0v) is 20.1. The number of carbonyl (C=O) groups is 2. The highest BCUT2D eigenvalue weighted by Gasteiger charge is 2.26. The van der Waals surface area contributed by atoms with Crippen molar-refractivity contribution >= 4 is 39.6 Å². The first-order valence-corrected chi connectivity index (χ1v) is 12.7. The lowest BCUT2D eigenvalue weighted by Crippen LogP contribution is -2.43. The van der Waals surface area contributed by atoms with Gasteiger partial charge in [-0.05, 0) is 46.5 Å². The number of aliphatic carboxylic acids is 1. The monoisotopic (exact) mass is 510 g/mol. The number of hydrogen-bond acceptors (Lipinski definition) is 4. The van der Waals surface area contributed by atoms with Crippen LogP contribution in [0.5, 0.6) is 0 Å². The Morgan fingerprint density at radius 3 is 2.37 bits per heavy atom. The van der Waals surface area contributed by atoms with E-state index in [0.29, 0.717) is 16.1 Å². The summed E-state index contributed by atoms with van der Waals surface area (Å²) >= 11 is 5.86. The Morgan fingerprint density at radius 1 is 0.971 bits per heavy atom. The van der Waals surface area contributed by atoms with Crippen LogP contribution in [0, 0.1) is 0 Å². The Balaban J connectivity index is 1.46. The minimum Gasteiger partial charge on any atom is -0.480 e. The van der Waals surface area contributed by atoms with E-state index in [2.05, 4.69) is 10.0 Å². The van der Waals surface area contributed by atoms with Crippen molar-refractivity contribution < 1.29 is 23.1 Å². The summed E-state index contributed by atoms with van der Waals surface area (Å²) in [6.45, 7) is 0. The normalized spacial score (nSPS) is 15.4. The zero-order chi connectivity index (χ0) is 25.0. The highest BCUT2D eigenvalue weighted by molar-refractivity contribution is 7.89.